The number of benzene rings is 3. The average molecular weight is 702 g/mol. The summed E-state index contributed by atoms with van der Waals surface area (Å²) in [6, 6.07) is 26.5. The van der Waals surface area contributed by atoms with Gasteiger partial charge in [-0.2, -0.15) is 5.26 Å². The molecule has 0 N–H and O–H groups in total. The number of hydrogen-bond donors (Lipinski definition) is 0. The van der Waals surface area contributed by atoms with Gasteiger partial charge >= 0.3 is 0 Å². The zero-order chi connectivity index (χ0) is 32.9. The van der Waals surface area contributed by atoms with Crippen molar-refractivity contribution in [3.05, 3.63) is 128 Å². The Labute approximate surface area is 291 Å². The molecule has 0 spiro atoms. The second kappa shape index (κ2) is 14.7. The molecular formula is C35H30Cl2N6O2S2. The molecule has 0 aliphatic carbocycles. The summed E-state index contributed by atoms with van der Waals surface area (Å²) in [5, 5.41) is 9.55. The highest BCUT2D eigenvalue weighted by Crippen LogP contribution is 2.30. The van der Waals surface area contributed by atoms with E-state index in [1.165, 1.54) is 11.3 Å². The molecule has 6 rings (SSSR count). The van der Waals surface area contributed by atoms with E-state index in [0.717, 1.165) is 27.5 Å². The Morgan fingerprint density at radius 3 is 2.38 bits per heavy atom. The van der Waals surface area contributed by atoms with Crippen molar-refractivity contribution in [1.82, 2.24) is 14.5 Å². The Morgan fingerprint density at radius 2 is 1.72 bits per heavy atom. The van der Waals surface area contributed by atoms with Gasteiger partial charge in [0.1, 0.15) is 0 Å². The molecule has 3 aromatic carbocycles. The van der Waals surface area contributed by atoms with Crippen LogP contribution in [0.15, 0.2) is 96.3 Å². The molecule has 8 nitrogen and oxygen atoms in total. The molecule has 1 fully saturated rings. The van der Waals surface area contributed by atoms with Crippen LogP contribution in [-0.4, -0.2) is 58.7 Å². The molecule has 2 aromatic heterocycles. The molecule has 0 atom stereocenters. The normalized spacial score (nSPS) is 13.0. The minimum absolute atomic E-state index is 0.00804. The number of amides is 2. The largest absolute Gasteiger partial charge is 0.368 e. The van der Waals surface area contributed by atoms with Crippen LogP contribution in [0, 0.1) is 11.3 Å². The van der Waals surface area contributed by atoms with Crippen molar-refractivity contribution in [2.75, 3.05) is 42.2 Å². The zero-order valence-electron chi connectivity index (χ0n) is 25.5. The van der Waals surface area contributed by atoms with Crippen LogP contribution in [0.25, 0.3) is 0 Å². The predicted octanol–water partition coefficient (Wildman–Crippen LogP) is 7.70. The van der Waals surface area contributed by atoms with E-state index in [0.29, 0.717) is 58.1 Å². The van der Waals surface area contributed by atoms with Crippen LogP contribution < -0.4 is 9.80 Å². The second-order valence-corrected chi connectivity index (χ2v) is 14.0. The number of imidazole rings is 1. The number of aromatic nitrogens is 2. The highest BCUT2D eigenvalue weighted by molar-refractivity contribution is 7.98. The van der Waals surface area contributed by atoms with E-state index < -0.39 is 0 Å². The lowest BCUT2D eigenvalue weighted by Gasteiger charge is -2.36. The molecule has 0 saturated carbocycles. The van der Waals surface area contributed by atoms with E-state index in [9.17, 15) is 9.59 Å². The summed E-state index contributed by atoms with van der Waals surface area (Å²) in [5.41, 5.74) is 4.62. The predicted molar refractivity (Wildman–Crippen MR) is 190 cm³/mol. The average Bonchev–Trinajstić information content (AvgIpc) is 3.75. The summed E-state index contributed by atoms with van der Waals surface area (Å²) in [6.45, 7) is 3.40. The maximum absolute atomic E-state index is 14.2. The monoisotopic (exact) mass is 700 g/mol. The van der Waals surface area contributed by atoms with Gasteiger partial charge in [0.2, 0.25) is 0 Å². The van der Waals surface area contributed by atoms with E-state index in [1.807, 2.05) is 64.3 Å². The Morgan fingerprint density at radius 1 is 0.979 bits per heavy atom. The van der Waals surface area contributed by atoms with Crippen LogP contribution >= 0.6 is 46.3 Å². The molecule has 0 unspecified atom stereocenters. The number of nitrogens with zero attached hydrogens (tertiary/aromatic N) is 6. The number of thioether (sulfide) groups is 1. The lowest BCUT2D eigenvalue weighted by molar-refractivity contribution is 0.0751. The third-order valence-electron chi connectivity index (χ3n) is 8.08. The fourth-order valence-corrected chi connectivity index (χ4v) is 7.13. The lowest BCUT2D eigenvalue weighted by atomic mass is 10.1. The van der Waals surface area contributed by atoms with Gasteiger partial charge in [0.05, 0.1) is 50.0 Å². The van der Waals surface area contributed by atoms with Crippen molar-refractivity contribution in [1.29, 1.82) is 5.26 Å². The summed E-state index contributed by atoms with van der Waals surface area (Å²) < 4.78 is 2.61. The van der Waals surface area contributed by atoms with Gasteiger partial charge in [0.25, 0.3) is 11.8 Å². The first-order valence-electron chi connectivity index (χ1n) is 14.9. The third-order valence-corrected chi connectivity index (χ3v) is 10.4. The van der Waals surface area contributed by atoms with Crippen LogP contribution in [0.2, 0.25) is 9.36 Å². The topological polar surface area (TPSA) is 85.5 Å². The van der Waals surface area contributed by atoms with Gasteiger partial charge in [0, 0.05) is 55.2 Å². The van der Waals surface area contributed by atoms with Crippen LogP contribution in [0.1, 0.15) is 36.9 Å². The number of thiophene rings is 1. The number of nitriles is 1. The van der Waals surface area contributed by atoms with Crippen LogP contribution in [0.4, 0.5) is 11.4 Å². The molecule has 0 radical (unpaired) electrons. The number of piperazine rings is 1. The molecule has 3 heterocycles. The number of anilines is 2. The SMILES string of the molecule is CSc1ccc(Cl)c(C(=O)N(Cc2cncn2Cc2ccc(C#N)cc2)c2ccc(N3CCN(C(=O)c4ccc(Cl)s4)CC3)cc2)c1. The smallest absolute Gasteiger partial charge is 0.264 e. The first kappa shape index (κ1) is 32.7. The van der Waals surface area contributed by atoms with E-state index in [1.54, 1.807) is 59.5 Å². The van der Waals surface area contributed by atoms with Crippen molar-refractivity contribution in [3.63, 3.8) is 0 Å². The first-order chi connectivity index (χ1) is 22.8. The van der Waals surface area contributed by atoms with E-state index >= 15 is 0 Å². The first-order valence-corrected chi connectivity index (χ1v) is 17.7. The molecule has 1 aliphatic heterocycles. The van der Waals surface area contributed by atoms with Gasteiger partial charge in [-0.1, -0.05) is 35.3 Å². The molecule has 0 bridgehead atoms. The highest BCUT2D eigenvalue weighted by Gasteiger charge is 2.25. The fourth-order valence-electron chi connectivity index (χ4n) is 5.48. The number of halogens is 2. The van der Waals surface area contributed by atoms with Crippen molar-refractivity contribution in [2.24, 2.45) is 0 Å². The molecule has 238 valence electrons. The molecule has 1 aliphatic rings. The number of carbonyl (C=O) groups excluding carboxylic acids is 2. The van der Waals surface area contributed by atoms with Crippen molar-refractivity contribution in [3.8, 4) is 6.07 Å². The van der Waals surface area contributed by atoms with Gasteiger partial charge in [-0.3, -0.25) is 9.59 Å². The van der Waals surface area contributed by atoms with Gasteiger partial charge in [-0.25, -0.2) is 4.98 Å². The second-order valence-electron chi connectivity index (χ2n) is 11.0. The summed E-state index contributed by atoms with van der Waals surface area (Å²) in [4.78, 5) is 38.9. The van der Waals surface area contributed by atoms with Crippen molar-refractivity contribution >= 4 is 69.5 Å². The number of carbonyl (C=O) groups is 2. The van der Waals surface area contributed by atoms with Crippen LogP contribution in [0.5, 0.6) is 0 Å². The van der Waals surface area contributed by atoms with E-state index in [4.69, 9.17) is 28.5 Å². The third kappa shape index (κ3) is 7.50. The minimum atomic E-state index is -0.217. The Kier molecular flexibility index (Phi) is 10.2. The van der Waals surface area contributed by atoms with Crippen LogP contribution in [0.3, 0.4) is 0 Å². The van der Waals surface area contributed by atoms with Gasteiger partial charge in [-0.05, 0) is 78.5 Å². The van der Waals surface area contributed by atoms with Gasteiger partial charge in [0.15, 0.2) is 0 Å². The highest BCUT2D eigenvalue weighted by atomic mass is 35.5. The molecule has 1 saturated heterocycles. The Hall–Kier alpha value is -4.27. The van der Waals surface area contributed by atoms with Crippen LogP contribution in [-0.2, 0) is 13.1 Å². The minimum Gasteiger partial charge on any atom is -0.368 e. The molecule has 47 heavy (non-hydrogen) atoms. The molecule has 5 aromatic rings. The quantitative estimate of drug-likeness (QED) is 0.147. The zero-order valence-corrected chi connectivity index (χ0v) is 28.6. The number of rotatable bonds is 9. The van der Waals surface area contributed by atoms with E-state index in [-0.39, 0.29) is 18.4 Å². The Balaban J connectivity index is 1.23. The van der Waals surface area contributed by atoms with Gasteiger partial charge < -0.3 is 19.3 Å². The van der Waals surface area contributed by atoms with Gasteiger partial charge in [-0.15, -0.1) is 23.1 Å². The maximum Gasteiger partial charge on any atom is 0.264 e. The molecular weight excluding hydrogens is 671 g/mol. The lowest BCUT2D eigenvalue weighted by Crippen LogP contribution is -2.48. The summed E-state index contributed by atoms with van der Waals surface area (Å²) in [7, 11) is 0. The van der Waals surface area contributed by atoms with Crippen molar-refractivity contribution < 1.29 is 9.59 Å². The summed E-state index contributed by atoms with van der Waals surface area (Å²) >= 11 is 15.5. The standard InChI is InChI=1S/C35H30Cl2N6O2S2/c1-46-29-10-11-31(36)30(18-29)34(44)43(22-28-20-39-23-42(28)21-25-4-2-24(19-38)3-5-25)27-8-6-26(7-9-27)40-14-16-41(17-15-40)35(45)32-12-13-33(37)47-32/h2-13,18,20,23H,14-17,21-22H2,1H3. The molecule has 2 amide bonds. The maximum atomic E-state index is 14.2. The fraction of sp³-hybridized carbons (Fsp3) is 0.200. The summed E-state index contributed by atoms with van der Waals surface area (Å²) in [6.07, 6.45) is 5.48. The Bertz CT molecular complexity index is 1930. The number of hydrogen-bond acceptors (Lipinski definition) is 7. The van der Waals surface area contributed by atoms with E-state index in [2.05, 4.69) is 16.0 Å². The summed E-state index contributed by atoms with van der Waals surface area (Å²) in [5.74, 6) is -0.209. The molecule has 12 heteroatoms. The van der Waals surface area contributed by atoms with Crippen molar-refractivity contribution in [2.45, 2.75) is 18.0 Å².